The fourth-order valence-electron chi connectivity index (χ4n) is 8.58. The Morgan fingerprint density at radius 2 is 1.07 bits per heavy atom. The Bertz CT molecular complexity index is 2570. The highest BCUT2D eigenvalue weighted by Gasteiger charge is 2.27. The second-order valence-electron chi connectivity index (χ2n) is 18.2. The average Bonchev–Trinajstić information content (AvgIpc) is 3.07. The van der Waals surface area contributed by atoms with Crippen molar-refractivity contribution in [1.82, 2.24) is 0 Å². The SMILES string of the molecule is CC1=CC(C)(C)Nc2cc(O)ccc21.CC1=CC(C)(C)Nc2cc3c(cc21)N=c1cc2c(cc1O3)=NC(C)(C)C=C2C.COc1ccc2c(c1)NC(C)(C)C=C2C. The van der Waals surface area contributed by atoms with Crippen LogP contribution in [0.4, 0.5) is 22.7 Å². The molecular formula is C49H57N5O3. The molecule has 0 bridgehead atoms. The molecule has 0 radical (unpaired) electrons. The number of aromatic hydroxyl groups is 1. The number of nitrogens with one attached hydrogen (secondary N) is 3. The van der Waals surface area contributed by atoms with Crippen molar-refractivity contribution in [3.63, 3.8) is 0 Å². The van der Waals surface area contributed by atoms with Gasteiger partial charge in [0, 0.05) is 63.6 Å². The van der Waals surface area contributed by atoms with Crippen LogP contribution in [0.2, 0.25) is 0 Å². The van der Waals surface area contributed by atoms with Gasteiger partial charge in [-0.2, -0.15) is 0 Å². The number of phenolic OH excluding ortho intramolecular Hbond substituents is 1. The number of allylic oxidation sites excluding steroid dienone is 4. The minimum atomic E-state index is -0.201. The minimum absolute atomic E-state index is 0.0173. The number of hydrogen-bond donors (Lipinski definition) is 4. The first-order valence-corrected chi connectivity index (χ1v) is 19.7. The van der Waals surface area contributed by atoms with Crippen LogP contribution in [-0.2, 0) is 0 Å². The first-order valence-electron chi connectivity index (χ1n) is 19.7. The van der Waals surface area contributed by atoms with Crippen LogP contribution >= 0.6 is 0 Å². The van der Waals surface area contributed by atoms with Crippen LogP contribution in [0.1, 0.15) is 105 Å². The van der Waals surface area contributed by atoms with E-state index in [2.05, 4.69) is 148 Å². The van der Waals surface area contributed by atoms with Crippen LogP contribution in [-0.4, -0.2) is 34.4 Å². The van der Waals surface area contributed by atoms with Crippen LogP contribution in [0.25, 0.3) is 22.3 Å². The summed E-state index contributed by atoms with van der Waals surface area (Å²) in [5, 5.41) is 21.7. The van der Waals surface area contributed by atoms with E-state index in [0.29, 0.717) is 5.75 Å². The van der Waals surface area contributed by atoms with Gasteiger partial charge >= 0.3 is 0 Å². The minimum Gasteiger partial charge on any atom is -0.508 e. The molecule has 5 heterocycles. The molecule has 0 aromatic heterocycles. The molecule has 57 heavy (non-hydrogen) atoms. The fraction of sp³-hybridized carbons (Fsp3) is 0.347. The molecule has 0 atom stereocenters. The molecule has 5 aliphatic heterocycles. The number of rotatable bonds is 1. The van der Waals surface area contributed by atoms with Gasteiger partial charge in [-0.1, -0.05) is 24.3 Å². The van der Waals surface area contributed by atoms with E-state index in [9.17, 15) is 5.11 Å². The lowest BCUT2D eigenvalue weighted by Crippen LogP contribution is -2.31. The third kappa shape index (κ3) is 8.36. The summed E-state index contributed by atoms with van der Waals surface area (Å²) < 4.78 is 11.5. The van der Waals surface area contributed by atoms with Crippen molar-refractivity contribution in [3.8, 4) is 23.0 Å². The Balaban J connectivity index is 0.000000144. The molecular weight excluding hydrogens is 707 g/mol. The molecule has 0 fully saturated rings. The number of anilines is 3. The van der Waals surface area contributed by atoms with E-state index in [0.717, 1.165) is 56.3 Å². The molecule has 296 valence electrons. The zero-order valence-corrected chi connectivity index (χ0v) is 35.7. The van der Waals surface area contributed by atoms with Gasteiger partial charge in [0.1, 0.15) is 22.5 Å². The van der Waals surface area contributed by atoms with Gasteiger partial charge in [-0.3, -0.25) is 4.99 Å². The number of nitrogens with zero attached hydrogens (tertiary/aromatic N) is 2. The number of fused-ring (bicyclic) bond motifs is 6. The van der Waals surface area contributed by atoms with Crippen LogP contribution in [0.15, 0.2) is 95.0 Å². The molecule has 0 spiro atoms. The second kappa shape index (κ2) is 14.0. The van der Waals surface area contributed by atoms with Crippen molar-refractivity contribution in [2.24, 2.45) is 9.98 Å². The van der Waals surface area contributed by atoms with Gasteiger partial charge in [0.05, 0.1) is 34.6 Å². The Labute approximate surface area is 337 Å². The highest BCUT2D eigenvalue weighted by molar-refractivity contribution is 5.85. The van der Waals surface area contributed by atoms with Crippen LogP contribution in [0, 0.1) is 0 Å². The predicted octanol–water partition coefficient (Wildman–Crippen LogP) is 11.5. The predicted molar refractivity (Wildman–Crippen MR) is 238 cm³/mol. The highest BCUT2D eigenvalue weighted by atomic mass is 16.5. The van der Waals surface area contributed by atoms with Gasteiger partial charge in [0.2, 0.25) is 0 Å². The van der Waals surface area contributed by atoms with Crippen molar-refractivity contribution in [3.05, 3.63) is 118 Å². The Morgan fingerprint density at radius 3 is 1.67 bits per heavy atom. The summed E-state index contributed by atoms with van der Waals surface area (Å²) in [6.07, 6.45) is 8.92. The lowest BCUT2D eigenvalue weighted by molar-refractivity contribution is 0.415. The first-order chi connectivity index (χ1) is 26.6. The maximum absolute atomic E-state index is 9.39. The zero-order chi connectivity index (χ0) is 41.2. The van der Waals surface area contributed by atoms with Gasteiger partial charge in [0.15, 0.2) is 11.5 Å². The van der Waals surface area contributed by atoms with Gasteiger partial charge < -0.3 is 30.5 Å². The monoisotopic (exact) mass is 763 g/mol. The maximum Gasteiger partial charge on any atom is 0.155 e. The summed E-state index contributed by atoms with van der Waals surface area (Å²) in [6.45, 7) is 25.7. The molecule has 4 N–H and O–H groups in total. The van der Waals surface area contributed by atoms with E-state index in [1.165, 1.54) is 39.0 Å². The highest BCUT2D eigenvalue weighted by Crippen LogP contribution is 2.44. The Hall–Kier alpha value is -5.76. The quantitative estimate of drug-likeness (QED) is 0.136. The summed E-state index contributed by atoms with van der Waals surface area (Å²) in [5.41, 5.74) is 13.6. The van der Waals surface area contributed by atoms with Gasteiger partial charge in [-0.05, 0) is 142 Å². The normalized spacial score (nSPS) is 18.8. The molecule has 8 nitrogen and oxygen atoms in total. The van der Waals surface area contributed by atoms with Crippen molar-refractivity contribution < 1.29 is 14.6 Å². The van der Waals surface area contributed by atoms with Gasteiger partial charge in [-0.25, -0.2) is 4.99 Å². The average molecular weight is 764 g/mol. The van der Waals surface area contributed by atoms with E-state index < -0.39 is 0 Å². The van der Waals surface area contributed by atoms with Crippen LogP contribution in [0.3, 0.4) is 0 Å². The smallest absolute Gasteiger partial charge is 0.155 e. The van der Waals surface area contributed by atoms with Crippen LogP contribution in [0.5, 0.6) is 23.0 Å². The molecule has 0 amide bonds. The summed E-state index contributed by atoms with van der Waals surface area (Å²) in [7, 11) is 1.69. The lowest BCUT2D eigenvalue weighted by Gasteiger charge is -2.32. The zero-order valence-electron chi connectivity index (χ0n) is 35.7. The standard InChI is InChI=1S/C24H25N3O.C13H17NO.C12H15NO/c1-13-11-23(3,4)26-17-9-21-19(7-15(13)17)25-20-8-16-14(2)12-24(5,6)27-18(16)10-22(20)28-21;1-9-8-13(2,3)14-12-7-10(15-4)5-6-11(9)12;1-8-7-12(2,3)13-11-6-9(14)4-5-10(8)11/h7-12,26H,1-6H3;5-8,14H,1-4H3;4-7,13-14H,1-3H3. The number of methoxy groups -OCH3 is 1. The van der Waals surface area contributed by atoms with Crippen molar-refractivity contribution in [2.75, 3.05) is 23.1 Å². The first kappa shape index (κ1) is 39.5. The molecule has 0 saturated heterocycles. The summed E-state index contributed by atoms with van der Waals surface area (Å²) >= 11 is 0. The maximum atomic E-state index is 9.39. The summed E-state index contributed by atoms with van der Waals surface area (Å²) in [6, 6.07) is 19.9. The number of phenols is 1. The van der Waals surface area contributed by atoms with E-state index in [1.54, 1.807) is 19.2 Å². The van der Waals surface area contributed by atoms with Gasteiger partial charge in [0.25, 0.3) is 0 Å². The van der Waals surface area contributed by atoms with Crippen molar-refractivity contribution in [2.45, 2.75) is 105 Å². The van der Waals surface area contributed by atoms with E-state index >= 15 is 0 Å². The topological polar surface area (TPSA) is 99.5 Å². The molecule has 4 aromatic rings. The molecule has 0 aliphatic carbocycles. The molecule has 0 saturated carbocycles. The Kier molecular flexibility index (Phi) is 9.70. The molecule has 5 aliphatic rings. The van der Waals surface area contributed by atoms with Crippen LogP contribution < -0.4 is 36.1 Å². The van der Waals surface area contributed by atoms with Crippen molar-refractivity contribution >= 4 is 45.0 Å². The van der Waals surface area contributed by atoms with E-state index in [1.807, 2.05) is 24.3 Å². The lowest BCUT2D eigenvalue weighted by atomic mass is 9.91. The molecule has 0 unspecified atom stereocenters. The largest absolute Gasteiger partial charge is 0.508 e. The molecule has 4 aromatic carbocycles. The number of ether oxygens (including phenoxy) is 2. The van der Waals surface area contributed by atoms with E-state index in [-0.39, 0.29) is 22.2 Å². The molecule has 9 rings (SSSR count). The Morgan fingerprint density at radius 1 is 0.544 bits per heavy atom. The van der Waals surface area contributed by atoms with Gasteiger partial charge in [-0.15, -0.1) is 0 Å². The van der Waals surface area contributed by atoms with Crippen molar-refractivity contribution in [1.29, 1.82) is 0 Å². The summed E-state index contributed by atoms with van der Waals surface area (Å²) in [4.78, 5) is 9.79. The van der Waals surface area contributed by atoms with E-state index in [4.69, 9.17) is 19.5 Å². The fourth-order valence-corrected chi connectivity index (χ4v) is 8.58. The number of benzene rings is 4. The number of hydrogen-bond acceptors (Lipinski definition) is 8. The third-order valence-corrected chi connectivity index (χ3v) is 10.6. The molecule has 8 heteroatoms. The second-order valence-corrected chi connectivity index (χ2v) is 18.2. The third-order valence-electron chi connectivity index (χ3n) is 10.6. The summed E-state index contributed by atoms with van der Waals surface area (Å²) in [5.74, 6) is 2.75.